The maximum Gasteiger partial charge on any atom is 0.248 e. The predicted octanol–water partition coefficient (Wildman–Crippen LogP) is 10.8. The number of carbonyl (C=O) groups is 2. The van der Waals surface area contributed by atoms with Gasteiger partial charge in [0.05, 0.1) is 35.9 Å². The molecule has 0 unspecified atom stereocenters. The molecule has 2 atom stereocenters. The van der Waals surface area contributed by atoms with Gasteiger partial charge in [-0.05, 0) is 82.3 Å². The zero-order chi connectivity index (χ0) is 40.2. The first-order valence-corrected chi connectivity index (χ1v) is 19.7. The van der Waals surface area contributed by atoms with Gasteiger partial charge in [-0.2, -0.15) is 0 Å². The Labute approximate surface area is 325 Å². The normalized spacial score (nSPS) is 19.2. The van der Waals surface area contributed by atoms with Gasteiger partial charge >= 0.3 is 0 Å². The molecule has 0 spiro atoms. The number of halogens is 4. The lowest BCUT2D eigenvalue weighted by Gasteiger charge is -2.33. The fourth-order valence-electron chi connectivity index (χ4n) is 8.11. The van der Waals surface area contributed by atoms with Crippen LogP contribution in [-0.4, -0.2) is 43.6 Å². The van der Waals surface area contributed by atoms with Crippen LogP contribution in [0.15, 0.2) is 60.9 Å². The Kier molecular flexibility index (Phi) is 10.3. The second-order valence-corrected chi connectivity index (χ2v) is 18.2. The van der Waals surface area contributed by atoms with Gasteiger partial charge in [-0.25, -0.2) is 27.5 Å². The van der Waals surface area contributed by atoms with Crippen molar-refractivity contribution in [3.63, 3.8) is 0 Å². The minimum absolute atomic E-state index is 0.172. The van der Waals surface area contributed by atoms with E-state index in [1.165, 1.54) is 0 Å². The Hall–Kier alpha value is -4.74. The highest BCUT2D eigenvalue weighted by Gasteiger charge is 2.41. The summed E-state index contributed by atoms with van der Waals surface area (Å²) in [5.41, 5.74) is 2.72. The Balaban J connectivity index is 1.08. The number of aromatic nitrogens is 4. The van der Waals surface area contributed by atoms with Crippen molar-refractivity contribution in [2.45, 2.75) is 117 Å². The number of benzene rings is 3. The number of nitrogens with one attached hydrogen (secondary N) is 4. The summed E-state index contributed by atoms with van der Waals surface area (Å²) < 4.78 is 55.0. The average molecular weight is 773 g/mol. The van der Waals surface area contributed by atoms with Crippen LogP contribution in [0.3, 0.4) is 0 Å². The molecule has 0 saturated heterocycles. The average Bonchev–Trinajstić information content (AvgIpc) is 3.81. The minimum atomic E-state index is -2.69. The summed E-state index contributed by atoms with van der Waals surface area (Å²) >= 11 is 0. The van der Waals surface area contributed by atoms with Crippen molar-refractivity contribution >= 4 is 33.4 Å². The zero-order valence-corrected chi connectivity index (χ0v) is 33.0. The van der Waals surface area contributed by atoms with Gasteiger partial charge in [-0.3, -0.25) is 9.59 Å². The lowest BCUT2D eigenvalue weighted by molar-refractivity contribution is -0.131. The van der Waals surface area contributed by atoms with Gasteiger partial charge in [-0.15, -0.1) is 0 Å². The molecular weight excluding hydrogens is 721 g/mol. The van der Waals surface area contributed by atoms with Gasteiger partial charge in [0.15, 0.2) is 0 Å². The molecule has 56 heavy (non-hydrogen) atoms. The first kappa shape index (κ1) is 39.5. The maximum absolute atomic E-state index is 13.7. The van der Waals surface area contributed by atoms with E-state index in [4.69, 9.17) is 0 Å². The van der Waals surface area contributed by atoms with Crippen molar-refractivity contribution < 1.29 is 27.2 Å². The molecule has 2 aromatic heterocycles. The van der Waals surface area contributed by atoms with Crippen molar-refractivity contribution in [3.8, 4) is 22.5 Å². The van der Waals surface area contributed by atoms with Gasteiger partial charge in [-0.1, -0.05) is 65.8 Å². The molecule has 2 aliphatic carbocycles. The fourth-order valence-corrected chi connectivity index (χ4v) is 8.11. The van der Waals surface area contributed by atoms with E-state index in [-0.39, 0.29) is 74.0 Å². The van der Waals surface area contributed by atoms with Crippen molar-refractivity contribution in [2.24, 2.45) is 22.7 Å². The third-order valence-electron chi connectivity index (χ3n) is 11.6. The van der Waals surface area contributed by atoms with E-state index in [2.05, 4.69) is 67.0 Å². The third kappa shape index (κ3) is 8.64. The maximum atomic E-state index is 13.7. The number of rotatable bonds is 8. The second kappa shape index (κ2) is 14.6. The molecule has 2 fully saturated rings. The second-order valence-electron chi connectivity index (χ2n) is 18.2. The molecule has 12 heteroatoms. The van der Waals surface area contributed by atoms with Gasteiger partial charge < -0.3 is 20.6 Å². The van der Waals surface area contributed by atoms with E-state index in [0.717, 1.165) is 44.1 Å². The Bertz CT molecular complexity index is 2070. The summed E-state index contributed by atoms with van der Waals surface area (Å²) in [7, 11) is 0. The largest absolute Gasteiger partial charge is 0.345 e. The predicted molar refractivity (Wildman–Crippen MR) is 211 cm³/mol. The molecule has 3 aromatic carbocycles. The molecule has 298 valence electrons. The monoisotopic (exact) mass is 772 g/mol. The first-order chi connectivity index (χ1) is 26.2. The first-order valence-electron chi connectivity index (χ1n) is 19.7. The molecule has 0 bridgehead atoms. The summed E-state index contributed by atoms with van der Waals surface area (Å²) in [6.45, 7) is 12.1. The fraction of sp³-hybridized carbons (Fsp3) is 0.500. The number of H-pyrrole nitrogens is 2. The summed E-state index contributed by atoms with van der Waals surface area (Å²) in [5.74, 6) is -5.46. The van der Waals surface area contributed by atoms with Gasteiger partial charge in [0.2, 0.25) is 23.7 Å². The lowest BCUT2D eigenvalue weighted by atomic mass is 9.83. The van der Waals surface area contributed by atoms with Crippen LogP contribution < -0.4 is 10.6 Å². The zero-order valence-electron chi connectivity index (χ0n) is 33.0. The van der Waals surface area contributed by atoms with E-state index >= 15 is 0 Å². The Morgan fingerprint density at radius 1 is 0.607 bits per heavy atom. The van der Waals surface area contributed by atoms with Crippen molar-refractivity contribution in [1.82, 2.24) is 30.6 Å². The highest BCUT2D eigenvalue weighted by molar-refractivity contribution is 6.00. The van der Waals surface area contributed by atoms with Crippen molar-refractivity contribution in [1.29, 1.82) is 0 Å². The van der Waals surface area contributed by atoms with Crippen LogP contribution >= 0.6 is 0 Å². The lowest BCUT2D eigenvalue weighted by Crippen LogP contribution is -2.42. The topological polar surface area (TPSA) is 116 Å². The third-order valence-corrected chi connectivity index (χ3v) is 11.6. The standard InChI is InChI=1S/C44H52F4N6O2/c1-41(2,3)35(53-39(55)25-11-15-43(45,46)16-12-25)37-49-23-33(51-37)29-9-7-27-20-32-22-30(10-8-28(32)19-31(27)21-29)34-24-50-38(52-34)36(42(4,5)6)54-40(56)26-13-17-44(47,48)18-14-26/h7-10,19-26,35-36H,11-18H2,1-6H3,(H,49,51)(H,50,52)(H,53,55)(H,54,56)/t35-,36-/m1/s1. The van der Waals surface area contributed by atoms with Crippen molar-refractivity contribution in [3.05, 3.63) is 72.6 Å². The molecule has 2 aliphatic rings. The molecule has 5 aromatic rings. The van der Waals surface area contributed by atoms with Crippen LogP contribution in [0.4, 0.5) is 17.6 Å². The van der Waals surface area contributed by atoms with E-state index in [0.29, 0.717) is 11.6 Å². The van der Waals surface area contributed by atoms with Crippen LogP contribution in [0.25, 0.3) is 44.1 Å². The van der Waals surface area contributed by atoms with E-state index in [9.17, 15) is 27.2 Å². The molecule has 2 saturated carbocycles. The van der Waals surface area contributed by atoms with Gasteiger partial charge in [0.25, 0.3) is 0 Å². The summed E-state index contributed by atoms with van der Waals surface area (Å²) in [6.07, 6.45) is 3.15. The number of alkyl halides is 4. The Morgan fingerprint density at radius 3 is 1.30 bits per heavy atom. The summed E-state index contributed by atoms with van der Waals surface area (Å²) in [6, 6.07) is 15.8. The SMILES string of the molecule is CC(C)(C)[C@H](NC(=O)C1CCC(F)(F)CC1)c1ncc(-c2ccc3cc4cc(-c5cnc([C@@H](NC(=O)C6CCC(F)(F)CC6)C(C)(C)C)[nH]5)ccc4cc3c2)[nH]1. The molecule has 2 amide bonds. The number of fused-ring (bicyclic) bond motifs is 2. The molecule has 0 aliphatic heterocycles. The Morgan fingerprint density at radius 2 is 0.964 bits per heavy atom. The number of nitrogens with zero attached hydrogens (tertiary/aromatic N) is 2. The van der Waals surface area contributed by atoms with Crippen LogP contribution in [0.5, 0.6) is 0 Å². The van der Waals surface area contributed by atoms with Gasteiger partial charge in [0, 0.05) is 48.6 Å². The van der Waals surface area contributed by atoms with Crippen LogP contribution in [0.2, 0.25) is 0 Å². The molecule has 4 N–H and O–H groups in total. The number of hydrogen-bond acceptors (Lipinski definition) is 4. The summed E-state index contributed by atoms with van der Waals surface area (Å²) in [4.78, 5) is 42.6. The molecule has 0 radical (unpaired) electrons. The summed E-state index contributed by atoms with van der Waals surface area (Å²) in [5, 5.41) is 10.4. The van der Waals surface area contributed by atoms with E-state index < -0.39 is 35.8 Å². The van der Waals surface area contributed by atoms with E-state index in [1.54, 1.807) is 12.4 Å². The van der Waals surface area contributed by atoms with Crippen LogP contribution in [0.1, 0.15) is 117 Å². The molecule has 7 rings (SSSR count). The molecule has 8 nitrogen and oxygen atoms in total. The minimum Gasteiger partial charge on any atom is -0.345 e. The molecular formula is C44H52F4N6O2. The van der Waals surface area contributed by atoms with Crippen LogP contribution in [-0.2, 0) is 9.59 Å². The quantitative estimate of drug-likeness (QED) is 0.0928. The van der Waals surface area contributed by atoms with Crippen molar-refractivity contribution in [2.75, 3.05) is 0 Å². The number of carbonyl (C=O) groups excluding carboxylic acids is 2. The number of imidazole rings is 2. The highest BCUT2D eigenvalue weighted by Crippen LogP contribution is 2.40. The number of hydrogen-bond donors (Lipinski definition) is 4. The smallest absolute Gasteiger partial charge is 0.248 e. The van der Waals surface area contributed by atoms with Gasteiger partial charge in [0.1, 0.15) is 11.6 Å². The van der Waals surface area contributed by atoms with E-state index in [1.807, 2.05) is 53.7 Å². The highest BCUT2D eigenvalue weighted by atomic mass is 19.3. The number of amides is 2. The van der Waals surface area contributed by atoms with Crippen LogP contribution in [0, 0.1) is 22.7 Å². The molecule has 2 heterocycles. The number of aromatic amines is 2.